The number of hydrogen-bond donors (Lipinski definition) is 2. The number of rotatable bonds is 6. The summed E-state index contributed by atoms with van der Waals surface area (Å²) in [4.78, 5) is 13.9. The van der Waals surface area contributed by atoms with Crippen LogP contribution in [0.1, 0.15) is 10.4 Å². The van der Waals surface area contributed by atoms with E-state index in [2.05, 4.69) is 5.43 Å². The maximum absolute atomic E-state index is 12.2. The van der Waals surface area contributed by atoms with Crippen molar-refractivity contribution < 1.29 is 22.7 Å². The van der Waals surface area contributed by atoms with E-state index >= 15 is 0 Å². The fourth-order valence-electron chi connectivity index (χ4n) is 1.91. The Bertz CT molecular complexity index is 883. The second-order valence-electron chi connectivity index (χ2n) is 4.73. The molecule has 0 saturated carbocycles. The standard InChI is InChI=1S/C15H14Cl2N2O5S/c1-23-13-4-3-9(5-14(13)24-2)15(20)18-19-25(21,22)12-7-10(16)6-11(17)8-12/h3-8,19H,1-2H3,(H,18,20). The van der Waals surface area contributed by atoms with Crippen LogP contribution in [0.25, 0.3) is 0 Å². The van der Waals surface area contributed by atoms with Gasteiger partial charge in [-0.25, -0.2) is 8.42 Å². The Kier molecular flexibility index (Phi) is 6.12. The summed E-state index contributed by atoms with van der Waals surface area (Å²) in [5, 5.41) is 0.304. The van der Waals surface area contributed by atoms with E-state index in [0.29, 0.717) is 11.5 Å². The van der Waals surface area contributed by atoms with Crippen LogP contribution in [-0.4, -0.2) is 28.5 Å². The van der Waals surface area contributed by atoms with Gasteiger partial charge in [-0.1, -0.05) is 23.2 Å². The van der Waals surface area contributed by atoms with Crippen molar-refractivity contribution in [2.75, 3.05) is 14.2 Å². The van der Waals surface area contributed by atoms with Crippen molar-refractivity contribution in [2.24, 2.45) is 0 Å². The number of amides is 1. The van der Waals surface area contributed by atoms with Crippen LogP contribution in [0.4, 0.5) is 0 Å². The van der Waals surface area contributed by atoms with E-state index in [0.717, 1.165) is 0 Å². The van der Waals surface area contributed by atoms with Crippen molar-refractivity contribution >= 4 is 39.1 Å². The van der Waals surface area contributed by atoms with Crippen molar-refractivity contribution in [3.05, 3.63) is 52.0 Å². The highest BCUT2D eigenvalue weighted by atomic mass is 35.5. The fraction of sp³-hybridized carbons (Fsp3) is 0.133. The van der Waals surface area contributed by atoms with E-state index in [9.17, 15) is 13.2 Å². The largest absolute Gasteiger partial charge is 0.493 e. The number of halogens is 2. The van der Waals surface area contributed by atoms with Crippen LogP contribution < -0.4 is 19.7 Å². The molecule has 2 aromatic carbocycles. The third-order valence-electron chi connectivity index (χ3n) is 3.09. The van der Waals surface area contributed by atoms with Gasteiger partial charge in [0.05, 0.1) is 19.1 Å². The number of ether oxygens (including phenoxy) is 2. The second kappa shape index (κ2) is 7.92. The highest BCUT2D eigenvalue weighted by Gasteiger charge is 2.18. The summed E-state index contributed by atoms with van der Waals surface area (Å²) in [5.74, 6) is 0.0884. The van der Waals surface area contributed by atoms with Crippen molar-refractivity contribution in [1.29, 1.82) is 0 Å². The molecule has 0 aromatic heterocycles. The lowest BCUT2D eigenvalue weighted by atomic mass is 10.2. The first-order valence-corrected chi connectivity index (χ1v) is 9.01. The Labute approximate surface area is 154 Å². The van der Waals surface area contributed by atoms with Gasteiger partial charge in [0.15, 0.2) is 11.5 Å². The van der Waals surface area contributed by atoms with E-state index in [4.69, 9.17) is 32.7 Å². The lowest BCUT2D eigenvalue weighted by molar-refractivity contribution is 0.0944. The Morgan fingerprint density at radius 1 is 0.960 bits per heavy atom. The van der Waals surface area contributed by atoms with Gasteiger partial charge in [0.2, 0.25) is 0 Å². The zero-order valence-electron chi connectivity index (χ0n) is 13.2. The molecule has 0 aliphatic heterocycles. The summed E-state index contributed by atoms with van der Waals surface area (Å²) in [6.07, 6.45) is 0. The van der Waals surface area contributed by atoms with E-state index in [1.165, 1.54) is 50.6 Å². The molecule has 0 bridgehead atoms. The molecule has 0 aliphatic rings. The first-order chi connectivity index (χ1) is 11.8. The molecule has 25 heavy (non-hydrogen) atoms. The molecule has 0 radical (unpaired) electrons. The van der Waals surface area contributed by atoms with Gasteiger partial charge in [-0.3, -0.25) is 10.2 Å². The first kappa shape index (κ1) is 19.3. The van der Waals surface area contributed by atoms with Gasteiger partial charge in [-0.05, 0) is 36.4 Å². The number of carbonyl (C=O) groups excluding carboxylic acids is 1. The predicted octanol–water partition coefficient (Wildman–Crippen LogP) is 2.63. The molecule has 2 rings (SSSR count). The highest BCUT2D eigenvalue weighted by Crippen LogP contribution is 2.27. The SMILES string of the molecule is COc1ccc(C(=O)NNS(=O)(=O)c2cc(Cl)cc(Cl)c2)cc1OC. The number of sulfonamides is 1. The zero-order valence-corrected chi connectivity index (χ0v) is 15.5. The summed E-state index contributed by atoms with van der Waals surface area (Å²) in [5.41, 5.74) is 2.28. The maximum atomic E-state index is 12.2. The lowest BCUT2D eigenvalue weighted by Gasteiger charge is -2.11. The summed E-state index contributed by atoms with van der Waals surface area (Å²) in [7, 11) is -1.16. The molecule has 2 aromatic rings. The van der Waals surface area contributed by atoms with Gasteiger partial charge >= 0.3 is 0 Å². The molecular formula is C15H14Cl2N2O5S. The second-order valence-corrected chi connectivity index (χ2v) is 7.29. The fourth-order valence-corrected chi connectivity index (χ4v) is 3.47. The monoisotopic (exact) mass is 404 g/mol. The van der Waals surface area contributed by atoms with Crippen LogP contribution in [-0.2, 0) is 10.0 Å². The number of benzene rings is 2. The van der Waals surface area contributed by atoms with Crippen molar-refractivity contribution in [3.63, 3.8) is 0 Å². The topological polar surface area (TPSA) is 93.7 Å². The van der Waals surface area contributed by atoms with E-state index in [-0.39, 0.29) is 20.5 Å². The third-order valence-corrected chi connectivity index (χ3v) is 4.75. The Morgan fingerprint density at radius 3 is 2.12 bits per heavy atom. The van der Waals surface area contributed by atoms with Gasteiger partial charge < -0.3 is 9.47 Å². The third kappa shape index (κ3) is 4.76. The summed E-state index contributed by atoms with van der Waals surface area (Å²) in [6.45, 7) is 0. The highest BCUT2D eigenvalue weighted by molar-refractivity contribution is 7.89. The molecule has 0 fully saturated rings. The van der Waals surface area contributed by atoms with E-state index in [1.54, 1.807) is 0 Å². The molecule has 134 valence electrons. The Balaban J connectivity index is 2.16. The number of carbonyl (C=O) groups is 1. The first-order valence-electron chi connectivity index (χ1n) is 6.77. The van der Waals surface area contributed by atoms with Gasteiger partial charge in [-0.15, -0.1) is 4.83 Å². The molecule has 0 spiro atoms. The minimum absolute atomic E-state index is 0.152. The average Bonchev–Trinajstić information content (AvgIpc) is 2.58. The molecule has 10 heteroatoms. The van der Waals surface area contributed by atoms with Crippen LogP contribution >= 0.6 is 23.2 Å². The molecule has 2 N–H and O–H groups in total. The predicted molar refractivity (Wildman–Crippen MR) is 93.8 cm³/mol. The minimum Gasteiger partial charge on any atom is -0.493 e. The normalized spacial score (nSPS) is 11.0. The van der Waals surface area contributed by atoms with Gasteiger partial charge in [0.25, 0.3) is 15.9 Å². The number of hydrogen-bond acceptors (Lipinski definition) is 5. The Hall–Kier alpha value is -2.00. The van der Waals surface area contributed by atoms with Gasteiger partial charge in [0.1, 0.15) is 0 Å². The molecule has 1 amide bonds. The van der Waals surface area contributed by atoms with Crippen LogP contribution in [0, 0.1) is 0 Å². The molecule has 0 atom stereocenters. The van der Waals surface area contributed by atoms with Crippen molar-refractivity contribution in [3.8, 4) is 11.5 Å². The summed E-state index contributed by atoms with van der Waals surface area (Å²) < 4.78 is 34.6. The number of hydrazine groups is 1. The molecule has 0 heterocycles. The van der Waals surface area contributed by atoms with E-state index < -0.39 is 15.9 Å². The van der Waals surface area contributed by atoms with E-state index in [1.807, 2.05) is 4.83 Å². The minimum atomic E-state index is -4.04. The van der Waals surface area contributed by atoms with Gasteiger partial charge in [0, 0.05) is 15.6 Å². The van der Waals surface area contributed by atoms with Crippen LogP contribution in [0.2, 0.25) is 10.0 Å². The van der Waals surface area contributed by atoms with Gasteiger partial charge in [-0.2, -0.15) is 0 Å². The van der Waals surface area contributed by atoms with Crippen molar-refractivity contribution in [2.45, 2.75) is 4.90 Å². The quantitative estimate of drug-likeness (QED) is 0.721. The van der Waals surface area contributed by atoms with Crippen molar-refractivity contribution in [1.82, 2.24) is 10.3 Å². The van der Waals surface area contributed by atoms with Crippen LogP contribution in [0.5, 0.6) is 11.5 Å². The lowest BCUT2D eigenvalue weighted by Crippen LogP contribution is -2.41. The molecule has 0 unspecified atom stereocenters. The average molecular weight is 405 g/mol. The Morgan fingerprint density at radius 2 is 1.56 bits per heavy atom. The molecule has 7 nitrogen and oxygen atoms in total. The number of methoxy groups -OCH3 is 2. The maximum Gasteiger partial charge on any atom is 0.266 e. The summed E-state index contributed by atoms with van der Waals surface area (Å²) in [6, 6.07) is 8.21. The van der Waals surface area contributed by atoms with Crippen LogP contribution in [0.15, 0.2) is 41.3 Å². The summed E-state index contributed by atoms with van der Waals surface area (Å²) >= 11 is 11.6. The molecular weight excluding hydrogens is 391 g/mol. The number of nitrogens with one attached hydrogen (secondary N) is 2. The smallest absolute Gasteiger partial charge is 0.266 e. The molecule has 0 aliphatic carbocycles. The molecule has 0 saturated heterocycles. The zero-order chi connectivity index (χ0) is 18.6. The van der Waals surface area contributed by atoms with Crippen LogP contribution in [0.3, 0.4) is 0 Å².